The summed E-state index contributed by atoms with van der Waals surface area (Å²) >= 11 is 0. The molecule has 7 aliphatic carbocycles. The molecule has 0 saturated heterocycles. The first kappa shape index (κ1) is 39.7. The van der Waals surface area contributed by atoms with Crippen LogP contribution >= 0.6 is 0 Å². The number of rotatable bonds is 5. The first-order valence-electron chi connectivity index (χ1n) is 24.7. The van der Waals surface area contributed by atoms with E-state index in [0.717, 1.165) is 23.7 Å². The first-order chi connectivity index (χ1) is 30.1. The third kappa shape index (κ3) is 5.93. The Balaban J connectivity index is 1.03. The Morgan fingerprint density at radius 3 is 1.32 bits per heavy atom. The predicted octanol–water partition coefficient (Wildman–Crippen LogP) is 16.9. The molecule has 13 rings (SSSR count). The van der Waals surface area contributed by atoms with Gasteiger partial charge in [-0.05, 0) is 206 Å². The van der Waals surface area contributed by atoms with Gasteiger partial charge in [-0.15, -0.1) is 0 Å². The van der Waals surface area contributed by atoms with Crippen LogP contribution in [-0.2, 0) is 27.1 Å². The highest BCUT2D eigenvalue weighted by Crippen LogP contribution is 2.69. The smallest absolute Gasteiger partial charge is 0.0467 e. The minimum absolute atomic E-state index is 0.109. The van der Waals surface area contributed by atoms with Gasteiger partial charge in [0.2, 0.25) is 0 Å². The van der Waals surface area contributed by atoms with Crippen LogP contribution in [-0.4, -0.2) is 0 Å². The van der Waals surface area contributed by atoms with Gasteiger partial charge in [-0.25, -0.2) is 0 Å². The maximum atomic E-state index is 2.67. The number of benzene rings is 6. The van der Waals surface area contributed by atoms with E-state index < -0.39 is 0 Å². The number of fused-ring (bicyclic) bond motifs is 5. The molecule has 0 radical (unpaired) electrons. The van der Waals surface area contributed by atoms with Crippen LogP contribution < -0.4 is 4.90 Å². The van der Waals surface area contributed by atoms with E-state index in [2.05, 4.69) is 188 Å². The molecule has 1 heteroatoms. The first-order valence-corrected chi connectivity index (χ1v) is 24.7. The van der Waals surface area contributed by atoms with Crippen LogP contribution in [0.3, 0.4) is 0 Å². The maximum absolute atomic E-state index is 2.67. The van der Waals surface area contributed by atoms with E-state index in [1.807, 2.05) is 0 Å². The third-order valence-corrected chi connectivity index (χ3v) is 18.4. The molecule has 6 aromatic rings. The monoisotopic (exact) mass is 826 g/mol. The van der Waals surface area contributed by atoms with Gasteiger partial charge in [0.1, 0.15) is 0 Å². The fourth-order valence-corrected chi connectivity index (χ4v) is 14.9. The van der Waals surface area contributed by atoms with Crippen LogP contribution in [0.5, 0.6) is 0 Å². The summed E-state index contributed by atoms with van der Waals surface area (Å²) in [5.41, 5.74) is 21.9. The molecule has 0 N–H and O–H groups in total. The fraction of sp³-hybridized carbons (Fsp3) is 0.419. The molecule has 320 valence electrons. The highest BCUT2D eigenvalue weighted by atomic mass is 15.1. The molecule has 4 bridgehead atoms. The van der Waals surface area contributed by atoms with E-state index in [9.17, 15) is 0 Å². The Hall–Kier alpha value is -4.88. The van der Waals surface area contributed by atoms with Gasteiger partial charge in [0.05, 0.1) is 0 Å². The molecule has 0 aliphatic heterocycles. The van der Waals surface area contributed by atoms with Gasteiger partial charge >= 0.3 is 0 Å². The second-order valence-electron chi connectivity index (χ2n) is 23.9. The Morgan fingerprint density at radius 1 is 0.349 bits per heavy atom. The molecule has 1 spiro atoms. The highest BCUT2D eigenvalue weighted by Gasteiger charge is 2.61. The highest BCUT2D eigenvalue weighted by molar-refractivity contribution is 5.88. The zero-order valence-electron chi connectivity index (χ0n) is 39.2. The molecule has 0 unspecified atom stereocenters. The Kier molecular flexibility index (Phi) is 8.55. The molecule has 63 heavy (non-hydrogen) atoms. The summed E-state index contributed by atoms with van der Waals surface area (Å²) in [7, 11) is 0. The topological polar surface area (TPSA) is 3.24 Å². The van der Waals surface area contributed by atoms with Crippen molar-refractivity contribution in [3.8, 4) is 33.4 Å². The number of anilines is 3. The SMILES string of the molecule is CC1(C)CCC(C)(C)c2cc(-c3cccc(N(c4cccc(-c5ccc6c(c5)C(C)(C)CCC6(C)C)c4)c4ccc5c(c4)C4(c6ccccc6-5)C5CC6CC(C5)CC4C6)c3)ccc21. The van der Waals surface area contributed by atoms with Crippen LogP contribution in [0.1, 0.15) is 147 Å². The van der Waals surface area contributed by atoms with E-state index in [-0.39, 0.29) is 27.1 Å². The second-order valence-corrected chi connectivity index (χ2v) is 23.9. The van der Waals surface area contributed by atoms with Gasteiger partial charge in [0, 0.05) is 22.5 Å². The van der Waals surface area contributed by atoms with E-state index in [1.165, 1.54) is 130 Å². The Bertz CT molecular complexity index is 2670. The van der Waals surface area contributed by atoms with E-state index in [4.69, 9.17) is 0 Å². The molecule has 0 atom stereocenters. The summed E-state index contributed by atoms with van der Waals surface area (Å²) in [6.07, 6.45) is 11.9. The summed E-state index contributed by atoms with van der Waals surface area (Å²) in [5.74, 6) is 3.28. The standard InChI is InChI=1S/C62H67N/c1-58(2)25-27-60(5,6)56-36-43(19-23-53(56)58)41-13-11-15-47(34-41)63(48-16-12-14-42(35-48)44-20-24-54-57(37-44)61(7,8)28-26-59(54,3)4)49-21-22-51-50-17-9-10-18-52(50)62(55(51)38-49)45-30-39-29-40(32-45)33-46(62)31-39/h9-24,34-40,45-46H,25-33H2,1-8H3. The van der Waals surface area contributed by atoms with Crippen molar-refractivity contribution in [1.29, 1.82) is 0 Å². The van der Waals surface area contributed by atoms with E-state index in [1.54, 1.807) is 11.1 Å². The van der Waals surface area contributed by atoms with Gasteiger partial charge in [0.25, 0.3) is 0 Å². The summed E-state index contributed by atoms with van der Waals surface area (Å²) in [6.45, 7) is 19.5. The normalized spacial score (nSPS) is 27.0. The van der Waals surface area contributed by atoms with Crippen LogP contribution in [0.4, 0.5) is 17.1 Å². The van der Waals surface area contributed by atoms with Crippen LogP contribution in [0, 0.1) is 23.7 Å². The quantitative estimate of drug-likeness (QED) is 0.167. The van der Waals surface area contributed by atoms with Gasteiger partial charge in [-0.2, -0.15) is 0 Å². The molecule has 0 aromatic heterocycles. The van der Waals surface area contributed by atoms with Crippen LogP contribution in [0.25, 0.3) is 33.4 Å². The van der Waals surface area contributed by atoms with Crippen molar-refractivity contribution in [2.75, 3.05) is 4.90 Å². The van der Waals surface area contributed by atoms with Crippen molar-refractivity contribution in [3.05, 3.63) is 161 Å². The number of nitrogens with zero attached hydrogens (tertiary/aromatic N) is 1. The summed E-state index contributed by atoms with van der Waals surface area (Å²) < 4.78 is 0. The zero-order valence-corrected chi connectivity index (χ0v) is 39.2. The van der Waals surface area contributed by atoms with E-state index in [0.29, 0.717) is 0 Å². The Morgan fingerprint density at radius 2 is 0.794 bits per heavy atom. The summed E-state index contributed by atoms with van der Waals surface area (Å²) in [4.78, 5) is 2.59. The lowest BCUT2D eigenvalue weighted by atomic mass is 9.43. The van der Waals surface area contributed by atoms with Gasteiger partial charge < -0.3 is 4.90 Å². The molecule has 1 nitrogen and oxygen atoms in total. The molecule has 7 aliphatic rings. The molecular formula is C62H67N. The lowest BCUT2D eigenvalue weighted by molar-refractivity contribution is -0.0399. The second kappa shape index (κ2) is 13.6. The summed E-state index contributed by atoms with van der Waals surface area (Å²) in [5, 5.41) is 0. The lowest BCUT2D eigenvalue weighted by Crippen LogP contribution is -2.55. The van der Waals surface area contributed by atoms with Crippen LogP contribution in [0.2, 0.25) is 0 Å². The fourth-order valence-electron chi connectivity index (χ4n) is 14.9. The van der Waals surface area contributed by atoms with E-state index >= 15 is 0 Å². The summed E-state index contributed by atoms with van der Waals surface area (Å²) in [6, 6.07) is 50.8. The third-order valence-electron chi connectivity index (χ3n) is 18.4. The molecule has 4 saturated carbocycles. The van der Waals surface area contributed by atoms with Crippen LogP contribution in [0.15, 0.2) is 127 Å². The Labute approximate surface area is 378 Å². The van der Waals surface area contributed by atoms with Gasteiger partial charge in [0.15, 0.2) is 0 Å². The zero-order chi connectivity index (χ0) is 43.3. The minimum Gasteiger partial charge on any atom is -0.310 e. The van der Waals surface area contributed by atoms with Gasteiger partial charge in [-0.3, -0.25) is 0 Å². The average molecular weight is 826 g/mol. The van der Waals surface area contributed by atoms with Gasteiger partial charge in [-0.1, -0.05) is 146 Å². The van der Waals surface area contributed by atoms with Crippen molar-refractivity contribution in [2.45, 2.75) is 140 Å². The number of hydrogen-bond donors (Lipinski definition) is 0. The van der Waals surface area contributed by atoms with Crippen molar-refractivity contribution in [1.82, 2.24) is 0 Å². The maximum Gasteiger partial charge on any atom is 0.0467 e. The van der Waals surface area contributed by atoms with Crippen molar-refractivity contribution in [3.63, 3.8) is 0 Å². The molecule has 4 fully saturated rings. The molecule has 0 heterocycles. The molecule has 0 amide bonds. The van der Waals surface area contributed by atoms with Crippen molar-refractivity contribution >= 4 is 17.1 Å². The number of hydrogen-bond acceptors (Lipinski definition) is 1. The molecule has 6 aromatic carbocycles. The lowest BCUT2D eigenvalue weighted by Gasteiger charge is -2.61. The predicted molar refractivity (Wildman–Crippen MR) is 266 cm³/mol. The molecular weight excluding hydrogens is 759 g/mol. The largest absolute Gasteiger partial charge is 0.310 e. The average Bonchev–Trinajstić information content (AvgIpc) is 3.56. The van der Waals surface area contributed by atoms with Crippen molar-refractivity contribution < 1.29 is 0 Å². The van der Waals surface area contributed by atoms with Crippen molar-refractivity contribution in [2.24, 2.45) is 23.7 Å². The minimum atomic E-state index is 0.109.